The molecule has 3 N–H and O–H groups in total. The van der Waals surface area contributed by atoms with E-state index in [0.29, 0.717) is 11.2 Å². The average Bonchev–Trinajstić information content (AvgIpc) is 2.50. The van der Waals surface area contributed by atoms with Crippen molar-refractivity contribution in [1.29, 1.82) is 0 Å². The van der Waals surface area contributed by atoms with Crippen molar-refractivity contribution in [3.05, 3.63) is 16.4 Å². The van der Waals surface area contributed by atoms with E-state index >= 15 is 0 Å². The van der Waals surface area contributed by atoms with Gasteiger partial charge in [0.15, 0.2) is 5.11 Å². The Balaban J connectivity index is 2.40. The number of H-pyrrole nitrogens is 1. The van der Waals surface area contributed by atoms with Gasteiger partial charge in [0.05, 0.1) is 22.6 Å². The Kier molecular flexibility index (Phi) is 4.70. The Labute approximate surface area is 102 Å². The van der Waals surface area contributed by atoms with Crippen molar-refractivity contribution in [2.24, 2.45) is 5.10 Å². The van der Waals surface area contributed by atoms with Gasteiger partial charge in [-0.2, -0.15) is 10.2 Å². The number of hydrogen-bond acceptors (Lipinski definition) is 3. The van der Waals surface area contributed by atoms with Crippen LogP contribution in [0.5, 0.6) is 0 Å². The van der Waals surface area contributed by atoms with Gasteiger partial charge in [-0.15, -0.1) is 0 Å². The summed E-state index contributed by atoms with van der Waals surface area (Å²) in [6, 6.07) is 0.291. The molecule has 0 saturated carbocycles. The summed E-state index contributed by atoms with van der Waals surface area (Å²) in [4.78, 5) is 0. The summed E-state index contributed by atoms with van der Waals surface area (Å²) in [7, 11) is 0. The molecule has 0 fully saturated rings. The summed E-state index contributed by atoms with van der Waals surface area (Å²) in [5.41, 5.74) is 3.49. The fourth-order valence-electron chi connectivity index (χ4n) is 0.822. The summed E-state index contributed by atoms with van der Waals surface area (Å²) in [5, 5.41) is 14.0. The lowest BCUT2D eigenvalue weighted by molar-refractivity contribution is 0.719. The van der Waals surface area contributed by atoms with Crippen LogP contribution in [0.15, 0.2) is 15.8 Å². The van der Waals surface area contributed by atoms with Gasteiger partial charge in [0.1, 0.15) is 0 Å². The van der Waals surface area contributed by atoms with Crippen molar-refractivity contribution in [1.82, 2.24) is 20.9 Å². The lowest BCUT2D eigenvalue weighted by atomic mass is 10.4. The van der Waals surface area contributed by atoms with Crippen molar-refractivity contribution in [2.45, 2.75) is 19.9 Å². The van der Waals surface area contributed by atoms with Crippen LogP contribution in [0.2, 0.25) is 0 Å². The van der Waals surface area contributed by atoms with Gasteiger partial charge in [0.25, 0.3) is 0 Å². The lowest BCUT2D eigenvalue weighted by Gasteiger charge is -2.09. The Bertz CT molecular complexity index is 360. The van der Waals surface area contributed by atoms with E-state index in [2.05, 4.69) is 42.0 Å². The second-order valence-electron chi connectivity index (χ2n) is 3.13. The minimum Gasteiger partial charge on any atom is -0.359 e. The number of hydrogen-bond donors (Lipinski definition) is 3. The maximum atomic E-state index is 4.98. The van der Waals surface area contributed by atoms with E-state index in [0.717, 1.165) is 10.2 Å². The standard InChI is InChI=1S/C8H12BrN5S/c1-5(2)12-8(15)14-11-4-7-6(9)3-10-13-7/h3-5H,1-2H3,(H,10,13)(H2,12,14,15). The molecule has 0 bridgehead atoms. The highest BCUT2D eigenvalue weighted by atomic mass is 79.9. The van der Waals surface area contributed by atoms with E-state index in [1.165, 1.54) is 0 Å². The molecule has 1 heterocycles. The van der Waals surface area contributed by atoms with Gasteiger partial charge in [0.2, 0.25) is 0 Å². The quantitative estimate of drug-likeness (QED) is 0.447. The van der Waals surface area contributed by atoms with Gasteiger partial charge in [-0.05, 0) is 42.0 Å². The van der Waals surface area contributed by atoms with E-state index in [4.69, 9.17) is 12.2 Å². The SMILES string of the molecule is CC(C)NC(=S)NN=Cc1[nH]ncc1Br. The molecule has 7 heteroatoms. The van der Waals surface area contributed by atoms with Crippen molar-refractivity contribution in [2.75, 3.05) is 0 Å². The molecule has 0 aliphatic rings. The van der Waals surface area contributed by atoms with Gasteiger partial charge in [0, 0.05) is 6.04 Å². The van der Waals surface area contributed by atoms with Crippen LogP contribution in [0, 0.1) is 0 Å². The van der Waals surface area contributed by atoms with Crippen molar-refractivity contribution < 1.29 is 0 Å². The summed E-state index contributed by atoms with van der Waals surface area (Å²) in [6.45, 7) is 4.01. The van der Waals surface area contributed by atoms with Gasteiger partial charge in [-0.1, -0.05) is 0 Å². The van der Waals surface area contributed by atoms with Crippen molar-refractivity contribution in [3.63, 3.8) is 0 Å². The zero-order valence-electron chi connectivity index (χ0n) is 8.41. The predicted molar refractivity (Wildman–Crippen MR) is 67.9 cm³/mol. The first-order valence-electron chi connectivity index (χ1n) is 4.38. The largest absolute Gasteiger partial charge is 0.359 e. The molecule has 15 heavy (non-hydrogen) atoms. The first kappa shape index (κ1) is 12.1. The number of halogens is 1. The molecule has 1 aromatic rings. The highest BCUT2D eigenvalue weighted by molar-refractivity contribution is 9.10. The van der Waals surface area contributed by atoms with E-state index in [-0.39, 0.29) is 0 Å². The number of hydrazone groups is 1. The summed E-state index contributed by atoms with van der Waals surface area (Å²) in [6.07, 6.45) is 3.26. The van der Waals surface area contributed by atoms with Crippen molar-refractivity contribution >= 4 is 39.5 Å². The maximum absolute atomic E-state index is 4.98. The molecule has 0 unspecified atom stereocenters. The minimum atomic E-state index is 0.291. The maximum Gasteiger partial charge on any atom is 0.187 e. The molecular formula is C8H12BrN5S. The number of rotatable bonds is 3. The van der Waals surface area contributed by atoms with Gasteiger partial charge in [-0.3, -0.25) is 10.5 Å². The molecule has 82 valence electrons. The van der Waals surface area contributed by atoms with Crippen LogP contribution in [-0.4, -0.2) is 27.6 Å². The molecule has 0 atom stereocenters. The van der Waals surface area contributed by atoms with Gasteiger partial charge in [-0.25, -0.2) is 0 Å². The third-order valence-corrected chi connectivity index (χ3v) is 2.24. The lowest BCUT2D eigenvalue weighted by Crippen LogP contribution is -2.36. The van der Waals surface area contributed by atoms with Crippen LogP contribution in [0.4, 0.5) is 0 Å². The van der Waals surface area contributed by atoms with Crippen LogP contribution >= 0.6 is 28.1 Å². The molecule has 1 rings (SSSR count). The third kappa shape index (κ3) is 4.39. The van der Waals surface area contributed by atoms with Crippen LogP contribution < -0.4 is 10.7 Å². The first-order chi connectivity index (χ1) is 7.09. The Morgan fingerprint density at radius 3 is 3.00 bits per heavy atom. The zero-order chi connectivity index (χ0) is 11.3. The molecule has 0 aliphatic heterocycles. The topological polar surface area (TPSA) is 65.1 Å². The Hall–Kier alpha value is -0.950. The molecular weight excluding hydrogens is 278 g/mol. The summed E-state index contributed by atoms with van der Waals surface area (Å²) in [5.74, 6) is 0. The first-order valence-corrected chi connectivity index (χ1v) is 5.58. The minimum absolute atomic E-state index is 0.291. The predicted octanol–water partition coefficient (Wildman–Crippen LogP) is 1.38. The molecule has 0 aromatic carbocycles. The normalized spacial score (nSPS) is 10.9. The molecule has 0 amide bonds. The number of aromatic nitrogens is 2. The Morgan fingerprint density at radius 1 is 1.73 bits per heavy atom. The molecule has 1 aromatic heterocycles. The summed E-state index contributed by atoms with van der Waals surface area (Å²) < 4.78 is 0.857. The zero-order valence-corrected chi connectivity index (χ0v) is 10.8. The molecule has 0 aliphatic carbocycles. The van der Waals surface area contributed by atoms with Crippen LogP contribution in [0.25, 0.3) is 0 Å². The average molecular weight is 290 g/mol. The highest BCUT2D eigenvalue weighted by Gasteiger charge is 1.98. The van der Waals surface area contributed by atoms with Crippen LogP contribution in [-0.2, 0) is 0 Å². The van der Waals surface area contributed by atoms with Crippen molar-refractivity contribution in [3.8, 4) is 0 Å². The number of nitrogens with one attached hydrogen (secondary N) is 3. The molecule has 0 radical (unpaired) electrons. The van der Waals surface area contributed by atoms with E-state index in [1.807, 2.05) is 13.8 Å². The second kappa shape index (κ2) is 5.82. The van der Waals surface area contributed by atoms with Gasteiger partial charge < -0.3 is 5.32 Å². The number of nitrogens with zero attached hydrogens (tertiary/aromatic N) is 2. The number of thiocarbonyl (C=S) groups is 1. The molecule has 0 spiro atoms. The monoisotopic (exact) mass is 289 g/mol. The Morgan fingerprint density at radius 2 is 2.47 bits per heavy atom. The smallest absolute Gasteiger partial charge is 0.187 e. The fraction of sp³-hybridized carbons (Fsp3) is 0.375. The van der Waals surface area contributed by atoms with Crippen LogP contribution in [0.1, 0.15) is 19.5 Å². The van der Waals surface area contributed by atoms with E-state index in [1.54, 1.807) is 12.4 Å². The van der Waals surface area contributed by atoms with E-state index < -0.39 is 0 Å². The highest BCUT2D eigenvalue weighted by Crippen LogP contribution is 2.09. The second-order valence-corrected chi connectivity index (χ2v) is 4.39. The summed E-state index contributed by atoms with van der Waals surface area (Å²) >= 11 is 8.30. The molecule has 5 nitrogen and oxygen atoms in total. The third-order valence-electron chi connectivity index (χ3n) is 1.40. The van der Waals surface area contributed by atoms with Gasteiger partial charge >= 0.3 is 0 Å². The fourth-order valence-corrected chi connectivity index (χ4v) is 1.40. The van der Waals surface area contributed by atoms with Crippen LogP contribution in [0.3, 0.4) is 0 Å². The molecule has 0 saturated heterocycles. The number of aromatic amines is 1. The van der Waals surface area contributed by atoms with E-state index in [9.17, 15) is 0 Å².